The molecule has 1 unspecified atom stereocenters. The second-order valence-corrected chi connectivity index (χ2v) is 9.98. The maximum atomic E-state index is 12.8. The summed E-state index contributed by atoms with van der Waals surface area (Å²) in [5.41, 5.74) is 4.11. The molecule has 2 aliphatic rings. The number of ether oxygens (including phenoxy) is 1. The second kappa shape index (κ2) is 8.71. The summed E-state index contributed by atoms with van der Waals surface area (Å²) in [5, 5.41) is 13.7. The lowest BCUT2D eigenvalue weighted by Gasteiger charge is -2.26. The van der Waals surface area contributed by atoms with E-state index in [4.69, 9.17) is 9.72 Å². The van der Waals surface area contributed by atoms with E-state index in [-0.39, 0.29) is 4.90 Å². The molecule has 9 nitrogen and oxygen atoms in total. The lowest BCUT2D eigenvalue weighted by molar-refractivity contribution is 0.0730. The lowest BCUT2D eigenvalue weighted by atomic mass is 10.1. The van der Waals surface area contributed by atoms with Crippen molar-refractivity contribution in [1.29, 1.82) is 0 Å². The van der Waals surface area contributed by atoms with Crippen LogP contribution in [-0.2, 0) is 21.2 Å². The quantitative estimate of drug-likeness (QED) is 0.601. The number of morpholine rings is 1. The molecule has 5 rings (SSSR count). The summed E-state index contributed by atoms with van der Waals surface area (Å²) in [4.78, 5) is 11.2. The fourth-order valence-corrected chi connectivity index (χ4v) is 5.51. The van der Waals surface area contributed by atoms with Gasteiger partial charge < -0.3 is 20.1 Å². The molecule has 0 radical (unpaired) electrons. The van der Waals surface area contributed by atoms with Gasteiger partial charge in [-0.1, -0.05) is 18.2 Å². The number of rotatable bonds is 4. The number of hydrogen-bond acceptors (Lipinski definition) is 8. The van der Waals surface area contributed by atoms with Crippen LogP contribution in [0.5, 0.6) is 0 Å². The number of nitrogens with one attached hydrogen (secondary N) is 1. The predicted octanol–water partition coefficient (Wildman–Crippen LogP) is 2.22. The van der Waals surface area contributed by atoms with Crippen LogP contribution in [0.3, 0.4) is 0 Å². The molecule has 172 valence electrons. The Hall–Kier alpha value is -3.05. The van der Waals surface area contributed by atoms with Gasteiger partial charge in [0.2, 0.25) is 16.0 Å². The van der Waals surface area contributed by atoms with Crippen LogP contribution in [-0.4, -0.2) is 67.4 Å². The highest BCUT2D eigenvalue weighted by molar-refractivity contribution is 7.89. The number of aliphatic hydroxyl groups is 1. The van der Waals surface area contributed by atoms with Crippen LogP contribution in [0.2, 0.25) is 0 Å². The van der Waals surface area contributed by atoms with Gasteiger partial charge >= 0.3 is 0 Å². The molecule has 2 aromatic carbocycles. The van der Waals surface area contributed by atoms with Crippen LogP contribution in [0, 0.1) is 0 Å². The third-order valence-electron chi connectivity index (χ3n) is 5.97. The number of para-hydroxylation sites is 1. The van der Waals surface area contributed by atoms with Crippen molar-refractivity contribution in [2.75, 3.05) is 43.6 Å². The van der Waals surface area contributed by atoms with Gasteiger partial charge in [-0.05, 0) is 30.3 Å². The van der Waals surface area contributed by atoms with Gasteiger partial charge in [-0.15, -0.1) is 0 Å². The van der Waals surface area contributed by atoms with E-state index < -0.39 is 16.3 Å². The largest absolute Gasteiger partial charge is 0.379 e. The summed E-state index contributed by atoms with van der Waals surface area (Å²) in [6.45, 7) is 1.53. The molecule has 0 bridgehead atoms. The third-order valence-corrected chi connectivity index (χ3v) is 7.88. The molecule has 0 saturated carbocycles. The summed E-state index contributed by atoms with van der Waals surface area (Å²) in [6, 6.07) is 14.4. The standard InChI is InChI=1S/C23H25N5O4S/c1-27-20-5-3-2-4-19(20)22-16(14-21(27)29)15-24-23(26-22)25-17-6-8-18(9-7-17)33(30,31)28-10-12-32-13-11-28/h2-9,15,21,29H,10-14H2,1H3,(H,24,25,26). The van der Waals surface area contributed by atoms with Gasteiger partial charge in [-0.25, -0.2) is 18.4 Å². The molecule has 1 fully saturated rings. The van der Waals surface area contributed by atoms with Gasteiger partial charge in [0.15, 0.2) is 0 Å². The van der Waals surface area contributed by atoms with Gasteiger partial charge in [-0.2, -0.15) is 4.31 Å². The highest BCUT2D eigenvalue weighted by Crippen LogP contribution is 2.36. The first kappa shape index (κ1) is 21.8. The minimum atomic E-state index is -3.55. The summed E-state index contributed by atoms with van der Waals surface area (Å²) >= 11 is 0. The zero-order valence-electron chi connectivity index (χ0n) is 18.2. The van der Waals surface area contributed by atoms with Crippen LogP contribution >= 0.6 is 0 Å². The van der Waals surface area contributed by atoms with Crippen LogP contribution in [0.1, 0.15) is 5.56 Å². The van der Waals surface area contributed by atoms with Crippen molar-refractivity contribution in [3.05, 3.63) is 60.3 Å². The van der Waals surface area contributed by atoms with Gasteiger partial charge in [0.1, 0.15) is 6.23 Å². The minimum absolute atomic E-state index is 0.240. The van der Waals surface area contributed by atoms with Crippen molar-refractivity contribution < 1.29 is 18.3 Å². The average Bonchev–Trinajstić information content (AvgIpc) is 2.95. The summed E-state index contributed by atoms with van der Waals surface area (Å²) in [5.74, 6) is 0.395. The smallest absolute Gasteiger partial charge is 0.243 e. The summed E-state index contributed by atoms with van der Waals surface area (Å²) < 4.78 is 32.3. The molecule has 10 heteroatoms. The molecule has 3 heterocycles. The Balaban J connectivity index is 1.41. The Morgan fingerprint density at radius 1 is 1.09 bits per heavy atom. The molecule has 1 atom stereocenters. The topological polar surface area (TPSA) is 108 Å². The Kier molecular flexibility index (Phi) is 5.75. The lowest BCUT2D eigenvalue weighted by Crippen LogP contribution is -2.40. The summed E-state index contributed by atoms with van der Waals surface area (Å²) in [6.07, 6.45) is 1.46. The van der Waals surface area contributed by atoms with Crippen LogP contribution < -0.4 is 10.2 Å². The van der Waals surface area contributed by atoms with E-state index in [1.165, 1.54) is 4.31 Å². The van der Waals surface area contributed by atoms with Crippen molar-refractivity contribution in [2.24, 2.45) is 0 Å². The Morgan fingerprint density at radius 3 is 2.58 bits per heavy atom. The number of fused-ring (bicyclic) bond motifs is 3. The number of likely N-dealkylation sites (N-methyl/N-ethyl adjacent to an activating group) is 1. The maximum absolute atomic E-state index is 12.8. The van der Waals surface area contributed by atoms with Gasteiger partial charge in [-0.3, -0.25) is 0 Å². The van der Waals surface area contributed by atoms with Crippen LogP contribution in [0.4, 0.5) is 17.3 Å². The van der Waals surface area contributed by atoms with E-state index >= 15 is 0 Å². The van der Waals surface area contributed by atoms with Gasteiger partial charge in [0.25, 0.3) is 0 Å². The van der Waals surface area contributed by atoms with Crippen molar-refractivity contribution in [3.8, 4) is 11.3 Å². The molecular weight excluding hydrogens is 442 g/mol. The number of benzene rings is 2. The molecule has 0 amide bonds. The number of anilines is 3. The molecule has 0 spiro atoms. The molecular formula is C23H25N5O4S. The Bertz CT molecular complexity index is 1260. The van der Waals surface area contributed by atoms with Gasteiger partial charge in [0, 0.05) is 55.3 Å². The van der Waals surface area contributed by atoms with Crippen LogP contribution in [0.15, 0.2) is 59.6 Å². The highest BCUT2D eigenvalue weighted by Gasteiger charge is 2.27. The minimum Gasteiger partial charge on any atom is -0.379 e. The fourth-order valence-electron chi connectivity index (χ4n) is 4.10. The fraction of sp³-hybridized carbons (Fsp3) is 0.304. The van der Waals surface area contributed by atoms with E-state index in [1.807, 2.05) is 36.2 Å². The zero-order chi connectivity index (χ0) is 23.0. The number of hydrogen-bond donors (Lipinski definition) is 2. The Morgan fingerprint density at radius 2 is 1.82 bits per heavy atom. The maximum Gasteiger partial charge on any atom is 0.243 e. The SMILES string of the molecule is CN1c2ccccc2-c2nc(Nc3ccc(S(=O)(=O)N4CCOCC4)cc3)ncc2CC1O. The van der Waals surface area contributed by atoms with Crippen molar-refractivity contribution >= 4 is 27.3 Å². The highest BCUT2D eigenvalue weighted by atomic mass is 32.2. The predicted molar refractivity (Wildman–Crippen MR) is 125 cm³/mol. The normalized spacial score (nSPS) is 18.8. The van der Waals surface area contributed by atoms with Crippen LogP contribution in [0.25, 0.3) is 11.3 Å². The number of aliphatic hydroxyl groups excluding tert-OH is 1. The zero-order valence-corrected chi connectivity index (χ0v) is 19.0. The first-order valence-electron chi connectivity index (χ1n) is 10.7. The molecule has 33 heavy (non-hydrogen) atoms. The van der Waals surface area contributed by atoms with E-state index in [0.717, 1.165) is 22.5 Å². The third kappa shape index (κ3) is 4.18. The molecule has 2 aliphatic heterocycles. The van der Waals surface area contributed by atoms with E-state index in [1.54, 1.807) is 30.5 Å². The first-order chi connectivity index (χ1) is 15.9. The molecule has 1 aromatic heterocycles. The van der Waals surface area contributed by atoms with E-state index in [2.05, 4.69) is 10.3 Å². The number of aromatic nitrogens is 2. The summed E-state index contributed by atoms with van der Waals surface area (Å²) in [7, 11) is -1.69. The van der Waals surface area contributed by atoms with Crippen molar-refractivity contribution in [1.82, 2.24) is 14.3 Å². The van der Waals surface area contributed by atoms with E-state index in [9.17, 15) is 13.5 Å². The van der Waals surface area contributed by atoms with Crippen molar-refractivity contribution in [2.45, 2.75) is 17.5 Å². The Labute approximate surface area is 192 Å². The second-order valence-electron chi connectivity index (χ2n) is 8.05. The molecule has 1 saturated heterocycles. The molecule has 0 aliphatic carbocycles. The van der Waals surface area contributed by atoms with Crippen molar-refractivity contribution in [3.63, 3.8) is 0 Å². The monoisotopic (exact) mass is 467 g/mol. The number of sulfonamides is 1. The number of nitrogens with zero attached hydrogens (tertiary/aromatic N) is 4. The average molecular weight is 468 g/mol. The first-order valence-corrected chi connectivity index (χ1v) is 12.2. The van der Waals surface area contributed by atoms with E-state index in [0.29, 0.717) is 44.4 Å². The van der Waals surface area contributed by atoms with Gasteiger partial charge in [0.05, 0.1) is 23.8 Å². The molecule has 2 N–H and O–H groups in total. The molecule has 3 aromatic rings.